The topological polar surface area (TPSA) is 126 Å². The first kappa shape index (κ1) is 27.9. The van der Waals surface area contributed by atoms with E-state index in [1.54, 1.807) is 4.90 Å². The van der Waals surface area contributed by atoms with Crippen molar-refractivity contribution in [2.45, 2.75) is 44.8 Å². The van der Waals surface area contributed by atoms with Crippen LogP contribution in [0, 0.1) is 5.92 Å². The van der Waals surface area contributed by atoms with Crippen LogP contribution in [0.25, 0.3) is 0 Å². The number of aromatic nitrogens is 3. The van der Waals surface area contributed by atoms with Crippen molar-refractivity contribution in [3.05, 3.63) is 45.8 Å². The number of halogens is 3. The summed E-state index contributed by atoms with van der Waals surface area (Å²) in [5.74, 6) is 0.0568. The van der Waals surface area contributed by atoms with Gasteiger partial charge < -0.3 is 19.5 Å². The molecule has 0 unspecified atom stereocenters. The largest absolute Gasteiger partial charge is 0.481 e. The number of anilines is 1. The molecule has 0 spiro atoms. The SMILES string of the molecule is COc1ncc(N2CCc3nc[nH]c(=O)c3C2)cc1C(F)(F)F.O=C(C1CCS(=O)(=O)CC1)N1CCCC1. The maximum atomic E-state index is 13.1. The van der Waals surface area contributed by atoms with Gasteiger partial charge in [-0.2, -0.15) is 13.2 Å². The van der Waals surface area contributed by atoms with Gasteiger partial charge in [0.25, 0.3) is 5.56 Å². The maximum Gasteiger partial charge on any atom is 0.421 e. The Labute approximate surface area is 218 Å². The number of hydrogen-bond donors (Lipinski definition) is 1. The number of fused-ring (bicyclic) bond motifs is 1. The molecule has 10 nitrogen and oxygen atoms in total. The number of ether oxygens (including phenoxy) is 1. The standard InChI is InChI=1S/C14H13F3N4O2.C10H17NO3S/c1-23-13-10(14(15,16)17)4-8(5-18-13)21-3-2-11-9(6-21)12(22)20-7-19-11;12-10(11-5-1-2-6-11)9-3-7-15(13,14)8-4-9/h4-5,7H,2-3,6H2,1H3,(H,19,20,22);9H,1-8H2. The number of methoxy groups -OCH3 is 1. The summed E-state index contributed by atoms with van der Waals surface area (Å²) in [4.78, 5) is 37.6. The van der Waals surface area contributed by atoms with Gasteiger partial charge in [0.05, 0.1) is 54.6 Å². The quantitative estimate of drug-likeness (QED) is 0.609. The number of hydrogen-bond acceptors (Lipinski definition) is 8. The number of amides is 1. The lowest BCUT2D eigenvalue weighted by molar-refractivity contribution is -0.139. The van der Waals surface area contributed by atoms with Crippen LogP contribution >= 0.6 is 0 Å². The summed E-state index contributed by atoms with van der Waals surface area (Å²) in [5.41, 5.74) is 0.193. The molecule has 2 saturated heterocycles. The van der Waals surface area contributed by atoms with Crippen molar-refractivity contribution in [3.8, 4) is 5.88 Å². The molecule has 38 heavy (non-hydrogen) atoms. The van der Waals surface area contributed by atoms with E-state index >= 15 is 0 Å². The first-order chi connectivity index (χ1) is 18.0. The second-order valence-corrected chi connectivity index (χ2v) is 11.8. The number of alkyl halides is 3. The van der Waals surface area contributed by atoms with Crippen LogP contribution in [-0.4, -0.2) is 72.4 Å². The zero-order valence-corrected chi connectivity index (χ0v) is 21.8. The van der Waals surface area contributed by atoms with E-state index in [-0.39, 0.29) is 41.1 Å². The molecule has 2 aromatic rings. The van der Waals surface area contributed by atoms with Crippen LogP contribution in [0.5, 0.6) is 5.88 Å². The smallest absolute Gasteiger partial charge is 0.421 e. The van der Waals surface area contributed by atoms with E-state index in [9.17, 15) is 31.2 Å². The summed E-state index contributed by atoms with van der Waals surface area (Å²) in [5, 5.41) is 0. The molecule has 0 aromatic carbocycles. The zero-order valence-electron chi connectivity index (χ0n) is 21.0. The molecule has 2 aromatic heterocycles. The monoisotopic (exact) mass is 557 g/mol. The number of rotatable bonds is 3. The minimum Gasteiger partial charge on any atom is -0.481 e. The number of sulfone groups is 1. The van der Waals surface area contributed by atoms with Crippen molar-refractivity contribution in [3.63, 3.8) is 0 Å². The first-order valence-electron chi connectivity index (χ1n) is 12.4. The number of H-pyrrole nitrogens is 1. The first-order valence-corrected chi connectivity index (χ1v) is 14.2. The van der Waals surface area contributed by atoms with Crippen molar-refractivity contribution < 1.29 is 31.1 Å². The molecular formula is C24H30F3N5O5S. The van der Waals surface area contributed by atoms with Crippen LogP contribution in [0.1, 0.15) is 42.5 Å². The number of nitrogens with zero attached hydrogens (tertiary/aromatic N) is 4. The normalized spacial score (nSPS) is 19.4. The molecule has 5 rings (SSSR count). The Morgan fingerprint density at radius 2 is 1.82 bits per heavy atom. The van der Waals surface area contributed by atoms with E-state index in [0.29, 0.717) is 37.1 Å². The number of pyridine rings is 1. The average Bonchev–Trinajstić information content (AvgIpc) is 3.43. The second kappa shape index (κ2) is 11.3. The molecule has 3 aliphatic rings. The highest BCUT2D eigenvalue weighted by atomic mass is 32.2. The van der Waals surface area contributed by atoms with Gasteiger partial charge in [-0.05, 0) is 31.7 Å². The number of carbonyl (C=O) groups is 1. The van der Waals surface area contributed by atoms with E-state index in [1.807, 2.05) is 4.90 Å². The van der Waals surface area contributed by atoms with Gasteiger partial charge in [-0.25, -0.2) is 18.4 Å². The van der Waals surface area contributed by atoms with Gasteiger partial charge in [-0.15, -0.1) is 0 Å². The molecule has 1 amide bonds. The predicted molar refractivity (Wildman–Crippen MR) is 133 cm³/mol. The number of carbonyl (C=O) groups excluding carboxylic acids is 1. The van der Waals surface area contributed by atoms with Gasteiger partial charge in [0.2, 0.25) is 11.8 Å². The molecule has 5 heterocycles. The van der Waals surface area contributed by atoms with E-state index in [4.69, 9.17) is 0 Å². The highest BCUT2D eigenvalue weighted by molar-refractivity contribution is 7.91. The Morgan fingerprint density at radius 1 is 1.13 bits per heavy atom. The molecule has 0 bridgehead atoms. The van der Waals surface area contributed by atoms with E-state index in [0.717, 1.165) is 39.1 Å². The Hall–Kier alpha value is -3.16. The molecule has 0 saturated carbocycles. The summed E-state index contributed by atoms with van der Waals surface area (Å²) in [6, 6.07) is 0.987. The third-order valence-electron chi connectivity index (χ3n) is 7.03. The molecule has 1 N–H and O–H groups in total. The van der Waals surface area contributed by atoms with Crippen LogP contribution in [0.15, 0.2) is 23.4 Å². The van der Waals surface area contributed by atoms with Crippen molar-refractivity contribution in [1.29, 1.82) is 0 Å². The molecule has 3 aliphatic heterocycles. The van der Waals surface area contributed by atoms with Crippen molar-refractivity contribution in [2.75, 3.05) is 43.1 Å². The van der Waals surface area contributed by atoms with E-state index in [1.165, 1.54) is 12.5 Å². The Morgan fingerprint density at radius 3 is 2.45 bits per heavy atom. The number of aromatic amines is 1. The summed E-state index contributed by atoms with van der Waals surface area (Å²) in [6.45, 7) is 2.36. The van der Waals surface area contributed by atoms with Crippen LogP contribution in [0.4, 0.5) is 18.9 Å². The fourth-order valence-corrected chi connectivity index (χ4v) is 6.38. The predicted octanol–water partition coefficient (Wildman–Crippen LogP) is 2.19. The van der Waals surface area contributed by atoms with Crippen LogP contribution in [-0.2, 0) is 33.8 Å². The van der Waals surface area contributed by atoms with E-state index < -0.39 is 27.5 Å². The zero-order chi connectivity index (χ0) is 27.5. The third-order valence-corrected chi connectivity index (χ3v) is 8.74. The summed E-state index contributed by atoms with van der Waals surface area (Å²) in [7, 11) is -1.70. The van der Waals surface area contributed by atoms with Crippen LogP contribution in [0.2, 0.25) is 0 Å². The van der Waals surface area contributed by atoms with Crippen molar-refractivity contribution >= 4 is 21.4 Å². The summed E-state index contributed by atoms with van der Waals surface area (Å²) < 4.78 is 66.4. The fraction of sp³-hybridized carbons (Fsp3) is 0.583. The Balaban J connectivity index is 0.000000194. The highest BCUT2D eigenvalue weighted by Crippen LogP contribution is 2.37. The highest BCUT2D eigenvalue weighted by Gasteiger charge is 2.36. The fourth-order valence-electron chi connectivity index (χ4n) is 4.89. The molecule has 0 radical (unpaired) electrons. The minimum atomic E-state index is -4.57. The molecule has 2 fully saturated rings. The molecule has 0 aliphatic carbocycles. The Bertz CT molecular complexity index is 1310. The van der Waals surface area contributed by atoms with Crippen molar-refractivity contribution in [2.24, 2.45) is 5.92 Å². The minimum absolute atomic E-state index is 0.0355. The number of nitrogens with one attached hydrogen (secondary N) is 1. The molecular weight excluding hydrogens is 527 g/mol. The Kier molecular flexibility index (Phi) is 8.28. The number of likely N-dealkylation sites (tertiary alicyclic amines) is 1. The molecule has 208 valence electrons. The summed E-state index contributed by atoms with van der Waals surface area (Å²) in [6.07, 6.45) is 1.79. The average molecular weight is 558 g/mol. The van der Waals surface area contributed by atoms with Gasteiger partial charge in [0, 0.05) is 32.0 Å². The lowest BCUT2D eigenvalue weighted by Crippen LogP contribution is -2.38. The van der Waals surface area contributed by atoms with E-state index in [2.05, 4.69) is 19.7 Å². The van der Waals surface area contributed by atoms with Crippen LogP contribution < -0.4 is 15.2 Å². The maximum absolute atomic E-state index is 13.1. The lowest BCUT2D eigenvalue weighted by Gasteiger charge is -2.29. The van der Waals surface area contributed by atoms with Crippen LogP contribution in [0.3, 0.4) is 0 Å². The third kappa shape index (κ3) is 6.45. The van der Waals surface area contributed by atoms with Gasteiger partial charge in [-0.1, -0.05) is 0 Å². The van der Waals surface area contributed by atoms with Gasteiger partial charge >= 0.3 is 6.18 Å². The van der Waals surface area contributed by atoms with Crippen molar-refractivity contribution in [1.82, 2.24) is 19.9 Å². The molecule has 0 atom stereocenters. The molecule has 14 heteroatoms. The second-order valence-electron chi connectivity index (χ2n) is 9.54. The van der Waals surface area contributed by atoms with Gasteiger partial charge in [0.1, 0.15) is 15.4 Å². The lowest BCUT2D eigenvalue weighted by atomic mass is 10.0. The van der Waals surface area contributed by atoms with Gasteiger partial charge in [0.15, 0.2) is 0 Å². The van der Waals surface area contributed by atoms with Gasteiger partial charge in [-0.3, -0.25) is 9.59 Å². The summed E-state index contributed by atoms with van der Waals surface area (Å²) >= 11 is 0.